The highest BCUT2D eigenvalue weighted by molar-refractivity contribution is 9.09. The molecule has 2 rings (SSSR count). The minimum Gasteiger partial charge on any atom is -0.241 e. The van der Waals surface area contributed by atoms with Crippen LogP contribution < -0.4 is 0 Å². The number of aryl methyl sites for hydroxylation is 1. The molecule has 0 amide bonds. The van der Waals surface area contributed by atoms with Gasteiger partial charge in [-0.3, -0.25) is 0 Å². The number of halogens is 3. The summed E-state index contributed by atoms with van der Waals surface area (Å²) >= 11 is 4.56. The van der Waals surface area contributed by atoms with Crippen LogP contribution in [0.2, 0.25) is 0 Å². The van der Waals surface area contributed by atoms with Gasteiger partial charge in [0.25, 0.3) is 0 Å². The Hall–Kier alpha value is -0.810. The largest absolute Gasteiger partial charge is 0.241 e. The maximum atomic E-state index is 13.4. The molecule has 0 radical (unpaired) electrons. The van der Waals surface area contributed by atoms with Crippen LogP contribution in [0.5, 0.6) is 0 Å². The van der Waals surface area contributed by atoms with Gasteiger partial charge in [0.05, 0.1) is 11.3 Å². The fraction of sp³-hybridized carbons (Fsp3) is 0.182. The summed E-state index contributed by atoms with van der Waals surface area (Å²) in [6.45, 7) is 0. The number of nitrogens with zero attached hydrogens (tertiary/aromatic N) is 1. The van der Waals surface area contributed by atoms with E-state index in [9.17, 15) is 8.78 Å². The lowest BCUT2D eigenvalue weighted by Gasteiger charge is -1.99. The molecule has 0 unspecified atom stereocenters. The standard InChI is InChI=1S/C11H8BrF2NS/c12-5-4-7-6-16-11(15-7)10-8(13)2-1-3-9(10)14/h1-3,6H,4-5H2. The number of aromatic nitrogens is 1. The van der Waals surface area contributed by atoms with Gasteiger partial charge in [0.1, 0.15) is 16.6 Å². The second-order valence-electron chi connectivity index (χ2n) is 3.18. The molecule has 2 aromatic rings. The molecule has 5 heteroatoms. The molecular formula is C11H8BrF2NS. The fourth-order valence-electron chi connectivity index (χ4n) is 1.34. The highest BCUT2D eigenvalue weighted by Gasteiger charge is 2.14. The number of thiazole rings is 1. The van der Waals surface area contributed by atoms with Gasteiger partial charge in [-0.2, -0.15) is 0 Å². The molecule has 0 saturated heterocycles. The molecule has 0 spiro atoms. The van der Waals surface area contributed by atoms with E-state index in [1.54, 1.807) is 0 Å². The Morgan fingerprint density at radius 2 is 1.94 bits per heavy atom. The van der Waals surface area contributed by atoms with Crippen molar-refractivity contribution in [1.82, 2.24) is 4.98 Å². The lowest BCUT2D eigenvalue weighted by atomic mass is 10.2. The number of rotatable bonds is 3. The first-order valence-corrected chi connectivity index (χ1v) is 6.67. The highest BCUT2D eigenvalue weighted by Crippen LogP contribution is 2.28. The average molecular weight is 304 g/mol. The van der Waals surface area contributed by atoms with Crippen molar-refractivity contribution < 1.29 is 8.78 Å². The van der Waals surface area contributed by atoms with Crippen LogP contribution in [0.3, 0.4) is 0 Å². The summed E-state index contributed by atoms with van der Waals surface area (Å²) in [7, 11) is 0. The van der Waals surface area contributed by atoms with Crippen LogP contribution in [-0.4, -0.2) is 10.3 Å². The van der Waals surface area contributed by atoms with Crippen molar-refractivity contribution >= 4 is 27.3 Å². The van der Waals surface area contributed by atoms with Crippen LogP contribution in [0.1, 0.15) is 5.69 Å². The molecule has 0 saturated carbocycles. The summed E-state index contributed by atoms with van der Waals surface area (Å²) in [6.07, 6.45) is 0.757. The predicted molar refractivity (Wildman–Crippen MR) is 65.0 cm³/mol. The van der Waals surface area contributed by atoms with E-state index in [0.29, 0.717) is 5.01 Å². The molecular weight excluding hydrogens is 296 g/mol. The summed E-state index contributed by atoms with van der Waals surface area (Å²) in [5.41, 5.74) is 0.813. The number of hydrogen-bond donors (Lipinski definition) is 0. The van der Waals surface area contributed by atoms with Crippen LogP contribution in [0, 0.1) is 11.6 Å². The van der Waals surface area contributed by atoms with Crippen molar-refractivity contribution in [2.24, 2.45) is 0 Å². The Bertz CT molecular complexity index is 478. The molecule has 0 atom stereocenters. The minimum atomic E-state index is -0.570. The zero-order valence-electron chi connectivity index (χ0n) is 8.21. The Morgan fingerprint density at radius 3 is 2.56 bits per heavy atom. The Morgan fingerprint density at radius 1 is 1.25 bits per heavy atom. The zero-order valence-corrected chi connectivity index (χ0v) is 10.6. The molecule has 0 aliphatic carbocycles. The van der Waals surface area contributed by atoms with Crippen molar-refractivity contribution in [3.05, 3.63) is 40.9 Å². The van der Waals surface area contributed by atoms with Crippen LogP contribution in [0.25, 0.3) is 10.6 Å². The van der Waals surface area contributed by atoms with E-state index in [1.807, 2.05) is 5.38 Å². The van der Waals surface area contributed by atoms with Crippen LogP contribution in [-0.2, 0) is 6.42 Å². The first kappa shape index (κ1) is 11.7. The lowest BCUT2D eigenvalue weighted by Crippen LogP contribution is -1.90. The van der Waals surface area contributed by atoms with Crippen LogP contribution in [0.15, 0.2) is 23.6 Å². The van der Waals surface area contributed by atoms with E-state index in [0.717, 1.165) is 17.4 Å². The van der Waals surface area contributed by atoms with E-state index in [-0.39, 0.29) is 5.56 Å². The lowest BCUT2D eigenvalue weighted by molar-refractivity contribution is 0.589. The number of alkyl halides is 1. The smallest absolute Gasteiger partial charge is 0.136 e. The van der Waals surface area contributed by atoms with Gasteiger partial charge in [-0.15, -0.1) is 11.3 Å². The minimum absolute atomic E-state index is 0.0340. The molecule has 16 heavy (non-hydrogen) atoms. The molecule has 0 bridgehead atoms. The predicted octanol–water partition coefficient (Wildman–Crippen LogP) is 4.03. The zero-order chi connectivity index (χ0) is 11.5. The second-order valence-corrected chi connectivity index (χ2v) is 4.83. The second kappa shape index (κ2) is 5.01. The van der Waals surface area contributed by atoms with Crippen molar-refractivity contribution in [3.63, 3.8) is 0 Å². The van der Waals surface area contributed by atoms with Crippen molar-refractivity contribution in [2.75, 3.05) is 5.33 Å². The molecule has 1 heterocycles. The fourth-order valence-corrected chi connectivity index (χ4v) is 2.64. The third-order valence-corrected chi connectivity index (χ3v) is 3.38. The van der Waals surface area contributed by atoms with Gasteiger partial charge in [0.15, 0.2) is 0 Å². The van der Waals surface area contributed by atoms with E-state index < -0.39 is 11.6 Å². The number of benzene rings is 1. The normalized spacial score (nSPS) is 10.7. The summed E-state index contributed by atoms with van der Waals surface area (Å²) in [5.74, 6) is -1.14. The molecule has 0 aliphatic heterocycles. The Balaban J connectivity index is 2.42. The summed E-state index contributed by atoms with van der Waals surface area (Å²) < 4.78 is 26.9. The van der Waals surface area contributed by atoms with Gasteiger partial charge in [-0.25, -0.2) is 13.8 Å². The summed E-state index contributed by atoms with van der Waals surface area (Å²) in [4.78, 5) is 4.20. The Labute approximate surface area is 104 Å². The van der Waals surface area contributed by atoms with Crippen molar-refractivity contribution in [1.29, 1.82) is 0 Å². The first-order valence-electron chi connectivity index (χ1n) is 4.67. The third-order valence-electron chi connectivity index (χ3n) is 2.08. The maximum Gasteiger partial charge on any atom is 0.136 e. The molecule has 1 aromatic carbocycles. The average Bonchev–Trinajstić information content (AvgIpc) is 2.67. The monoisotopic (exact) mass is 303 g/mol. The number of hydrogen-bond acceptors (Lipinski definition) is 2. The molecule has 0 N–H and O–H groups in total. The third kappa shape index (κ3) is 2.30. The molecule has 0 fully saturated rings. The topological polar surface area (TPSA) is 12.9 Å². The Kier molecular flexibility index (Phi) is 3.66. The van der Waals surface area contributed by atoms with E-state index in [2.05, 4.69) is 20.9 Å². The van der Waals surface area contributed by atoms with Gasteiger partial charge in [-0.1, -0.05) is 22.0 Å². The highest BCUT2D eigenvalue weighted by atomic mass is 79.9. The van der Waals surface area contributed by atoms with Gasteiger partial charge < -0.3 is 0 Å². The molecule has 84 valence electrons. The van der Waals surface area contributed by atoms with Gasteiger partial charge >= 0.3 is 0 Å². The van der Waals surface area contributed by atoms with Crippen LogP contribution >= 0.6 is 27.3 Å². The van der Waals surface area contributed by atoms with Crippen molar-refractivity contribution in [3.8, 4) is 10.6 Å². The summed E-state index contributed by atoms with van der Waals surface area (Å²) in [5, 5.41) is 3.00. The SMILES string of the molecule is Fc1cccc(F)c1-c1nc(CCBr)cs1. The first-order chi connectivity index (χ1) is 7.72. The van der Waals surface area contributed by atoms with E-state index in [4.69, 9.17) is 0 Å². The molecule has 1 aromatic heterocycles. The van der Waals surface area contributed by atoms with E-state index >= 15 is 0 Å². The maximum absolute atomic E-state index is 13.4. The van der Waals surface area contributed by atoms with Gasteiger partial charge in [0, 0.05) is 17.1 Å². The van der Waals surface area contributed by atoms with E-state index in [1.165, 1.54) is 29.5 Å². The quantitative estimate of drug-likeness (QED) is 0.780. The van der Waals surface area contributed by atoms with Crippen LogP contribution in [0.4, 0.5) is 8.78 Å². The van der Waals surface area contributed by atoms with Crippen molar-refractivity contribution in [2.45, 2.75) is 6.42 Å². The van der Waals surface area contributed by atoms with Gasteiger partial charge in [0.2, 0.25) is 0 Å². The summed E-state index contributed by atoms with van der Waals surface area (Å²) in [6, 6.07) is 3.83. The molecule has 0 aliphatic rings. The van der Waals surface area contributed by atoms with Gasteiger partial charge in [-0.05, 0) is 12.1 Å². The molecule has 1 nitrogen and oxygen atoms in total.